The molecule has 1 aromatic carbocycles. The Balaban J connectivity index is 2.07. The molecule has 5 heteroatoms. The second kappa shape index (κ2) is 5.91. The van der Waals surface area contributed by atoms with Gasteiger partial charge in [-0.25, -0.2) is 0 Å². The van der Waals surface area contributed by atoms with Gasteiger partial charge < -0.3 is 10.1 Å². The van der Waals surface area contributed by atoms with Crippen molar-refractivity contribution >= 4 is 11.4 Å². The molecule has 2 rings (SSSR count). The molecule has 1 fully saturated rings. The van der Waals surface area contributed by atoms with Crippen LogP contribution >= 0.6 is 0 Å². The summed E-state index contributed by atoms with van der Waals surface area (Å²) in [6.45, 7) is 2.28. The fourth-order valence-electron chi connectivity index (χ4n) is 2.56. The van der Waals surface area contributed by atoms with Crippen LogP contribution in [0.3, 0.4) is 0 Å². The molecule has 1 saturated carbocycles. The molecule has 0 atom stereocenters. The molecule has 0 radical (unpaired) electrons. The number of ether oxygens (including phenoxy) is 1. The van der Waals surface area contributed by atoms with Gasteiger partial charge >= 0.3 is 5.69 Å². The van der Waals surface area contributed by atoms with Crippen LogP contribution in [-0.4, -0.2) is 18.1 Å². The Hall–Kier alpha value is -1.78. The molecule has 0 saturated heterocycles. The summed E-state index contributed by atoms with van der Waals surface area (Å²) in [5, 5.41) is 14.3. The summed E-state index contributed by atoms with van der Waals surface area (Å²) in [6.07, 6.45) is 4.78. The molecule has 0 bridgehead atoms. The van der Waals surface area contributed by atoms with Crippen molar-refractivity contribution in [3.8, 4) is 5.75 Å². The highest BCUT2D eigenvalue weighted by atomic mass is 16.6. The van der Waals surface area contributed by atoms with E-state index in [1.54, 1.807) is 12.1 Å². The van der Waals surface area contributed by atoms with Crippen molar-refractivity contribution < 1.29 is 9.66 Å². The molecule has 1 N–H and O–H groups in total. The standard InChI is InChI=1S/C14H20N2O3/c1-10-3-5-11(6-4-10)15-12-7-8-13(16(17)18)14(9-12)19-2/h7-11,15H,3-6H2,1-2H3. The van der Waals surface area contributed by atoms with E-state index >= 15 is 0 Å². The quantitative estimate of drug-likeness (QED) is 0.666. The lowest BCUT2D eigenvalue weighted by Crippen LogP contribution is -2.25. The zero-order valence-electron chi connectivity index (χ0n) is 11.4. The van der Waals surface area contributed by atoms with Gasteiger partial charge in [0.25, 0.3) is 0 Å². The van der Waals surface area contributed by atoms with Gasteiger partial charge in [-0.2, -0.15) is 0 Å². The van der Waals surface area contributed by atoms with Crippen LogP contribution in [0.4, 0.5) is 11.4 Å². The van der Waals surface area contributed by atoms with E-state index in [9.17, 15) is 10.1 Å². The first-order valence-corrected chi connectivity index (χ1v) is 6.69. The molecule has 0 aliphatic heterocycles. The van der Waals surface area contributed by atoms with Crippen LogP contribution in [0.25, 0.3) is 0 Å². The molecule has 19 heavy (non-hydrogen) atoms. The lowest BCUT2D eigenvalue weighted by atomic mass is 9.87. The van der Waals surface area contributed by atoms with Crippen LogP contribution in [0.15, 0.2) is 18.2 Å². The van der Waals surface area contributed by atoms with Gasteiger partial charge in [0.2, 0.25) is 0 Å². The van der Waals surface area contributed by atoms with Crippen molar-refractivity contribution in [2.45, 2.75) is 38.6 Å². The van der Waals surface area contributed by atoms with E-state index < -0.39 is 4.92 Å². The summed E-state index contributed by atoms with van der Waals surface area (Å²) in [4.78, 5) is 10.4. The van der Waals surface area contributed by atoms with E-state index in [0.29, 0.717) is 11.8 Å². The molecule has 1 aliphatic rings. The number of rotatable bonds is 4. The van der Waals surface area contributed by atoms with Crippen molar-refractivity contribution in [1.29, 1.82) is 0 Å². The van der Waals surface area contributed by atoms with Crippen molar-refractivity contribution in [2.24, 2.45) is 5.92 Å². The number of hydrogen-bond acceptors (Lipinski definition) is 4. The zero-order chi connectivity index (χ0) is 13.8. The molecule has 1 aliphatic carbocycles. The summed E-state index contributed by atoms with van der Waals surface area (Å²) < 4.78 is 5.07. The Kier molecular flexibility index (Phi) is 4.24. The highest BCUT2D eigenvalue weighted by molar-refractivity contribution is 5.58. The number of hydrogen-bond donors (Lipinski definition) is 1. The fraction of sp³-hybridized carbons (Fsp3) is 0.571. The second-order valence-corrected chi connectivity index (χ2v) is 5.24. The lowest BCUT2D eigenvalue weighted by molar-refractivity contribution is -0.385. The molecule has 0 spiro atoms. The van der Waals surface area contributed by atoms with Gasteiger partial charge in [0, 0.05) is 23.9 Å². The van der Waals surface area contributed by atoms with Crippen LogP contribution in [0.1, 0.15) is 32.6 Å². The summed E-state index contributed by atoms with van der Waals surface area (Å²) in [6, 6.07) is 5.41. The summed E-state index contributed by atoms with van der Waals surface area (Å²) in [5.74, 6) is 1.11. The SMILES string of the molecule is COc1cc(NC2CCC(C)CC2)ccc1[N+](=O)[O-]. The van der Waals surface area contributed by atoms with Gasteiger partial charge in [-0.05, 0) is 37.7 Å². The molecule has 5 nitrogen and oxygen atoms in total. The molecule has 1 aromatic rings. The smallest absolute Gasteiger partial charge is 0.311 e. The van der Waals surface area contributed by atoms with E-state index in [1.807, 2.05) is 0 Å². The third-order valence-corrected chi connectivity index (χ3v) is 3.76. The van der Waals surface area contributed by atoms with Gasteiger partial charge in [-0.1, -0.05) is 6.92 Å². The first-order chi connectivity index (χ1) is 9.10. The Morgan fingerprint density at radius 2 is 2.00 bits per heavy atom. The van der Waals surface area contributed by atoms with Crippen LogP contribution in [0, 0.1) is 16.0 Å². The molecule has 0 aromatic heterocycles. The van der Waals surface area contributed by atoms with Gasteiger partial charge in [0.1, 0.15) is 0 Å². The Bertz CT molecular complexity index is 454. The van der Waals surface area contributed by atoms with Crippen LogP contribution < -0.4 is 10.1 Å². The van der Waals surface area contributed by atoms with Gasteiger partial charge in [0.15, 0.2) is 5.75 Å². The van der Waals surface area contributed by atoms with Crippen molar-refractivity contribution in [2.75, 3.05) is 12.4 Å². The average Bonchev–Trinajstić information content (AvgIpc) is 2.41. The molecule has 0 heterocycles. The minimum atomic E-state index is -0.426. The summed E-state index contributed by atoms with van der Waals surface area (Å²) in [5.41, 5.74) is 0.896. The molecule has 104 valence electrons. The number of methoxy groups -OCH3 is 1. The average molecular weight is 264 g/mol. The number of nitro groups is 1. The van der Waals surface area contributed by atoms with E-state index in [2.05, 4.69) is 12.2 Å². The highest BCUT2D eigenvalue weighted by Gasteiger charge is 2.19. The Morgan fingerprint density at radius 1 is 1.32 bits per heavy atom. The predicted molar refractivity (Wildman–Crippen MR) is 74.7 cm³/mol. The normalized spacial score (nSPS) is 22.8. The van der Waals surface area contributed by atoms with Gasteiger partial charge in [-0.15, -0.1) is 0 Å². The van der Waals surface area contributed by atoms with Crippen molar-refractivity contribution in [3.63, 3.8) is 0 Å². The molecule has 0 unspecified atom stereocenters. The zero-order valence-corrected chi connectivity index (χ0v) is 11.4. The Morgan fingerprint density at radius 3 is 2.58 bits per heavy atom. The maximum absolute atomic E-state index is 10.8. The van der Waals surface area contributed by atoms with Crippen molar-refractivity contribution in [3.05, 3.63) is 28.3 Å². The third-order valence-electron chi connectivity index (χ3n) is 3.76. The Labute approximate surface area is 113 Å². The maximum atomic E-state index is 10.8. The predicted octanol–water partition coefficient (Wildman–Crippen LogP) is 3.59. The fourth-order valence-corrected chi connectivity index (χ4v) is 2.56. The van der Waals surface area contributed by atoms with Gasteiger partial charge in [-0.3, -0.25) is 10.1 Å². The number of anilines is 1. The molecule has 0 amide bonds. The minimum absolute atomic E-state index is 0.00492. The minimum Gasteiger partial charge on any atom is -0.490 e. The number of nitrogens with one attached hydrogen (secondary N) is 1. The summed E-state index contributed by atoms with van der Waals surface area (Å²) in [7, 11) is 1.45. The number of nitro benzene ring substituents is 1. The highest BCUT2D eigenvalue weighted by Crippen LogP contribution is 2.31. The van der Waals surface area contributed by atoms with Crippen molar-refractivity contribution in [1.82, 2.24) is 0 Å². The van der Waals surface area contributed by atoms with E-state index in [1.165, 1.54) is 26.0 Å². The van der Waals surface area contributed by atoms with Crippen LogP contribution in [0.5, 0.6) is 5.75 Å². The summed E-state index contributed by atoms with van der Waals surface area (Å²) >= 11 is 0. The van der Waals surface area contributed by atoms with E-state index in [4.69, 9.17) is 4.74 Å². The van der Waals surface area contributed by atoms with Crippen LogP contribution in [0.2, 0.25) is 0 Å². The first kappa shape index (κ1) is 13.6. The third kappa shape index (κ3) is 3.36. The monoisotopic (exact) mass is 264 g/mol. The second-order valence-electron chi connectivity index (χ2n) is 5.24. The van der Waals surface area contributed by atoms with E-state index in [-0.39, 0.29) is 5.69 Å². The molecular weight excluding hydrogens is 244 g/mol. The first-order valence-electron chi connectivity index (χ1n) is 6.69. The molecular formula is C14H20N2O3. The lowest BCUT2D eigenvalue weighted by Gasteiger charge is -2.27. The van der Waals surface area contributed by atoms with Gasteiger partial charge in [0.05, 0.1) is 12.0 Å². The maximum Gasteiger partial charge on any atom is 0.311 e. The van der Waals surface area contributed by atoms with E-state index in [0.717, 1.165) is 24.4 Å². The topological polar surface area (TPSA) is 64.4 Å². The largest absolute Gasteiger partial charge is 0.490 e. The van der Waals surface area contributed by atoms with Crippen LogP contribution in [-0.2, 0) is 0 Å². The number of benzene rings is 1. The number of nitrogens with zero attached hydrogens (tertiary/aromatic N) is 1.